The predicted molar refractivity (Wildman–Crippen MR) is 97.1 cm³/mol. The lowest BCUT2D eigenvalue weighted by atomic mass is 9.98. The standard InChI is InChI=1S/C21H20O2S/c1-16-13-19(15-18-9-5-3-6-10-18)17(2)21(14-16)24(22,23)20-11-7-4-8-12-20/h3-14H,15H2,1-2H3. The van der Waals surface area contributed by atoms with E-state index in [2.05, 4.69) is 18.2 Å². The maximum Gasteiger partial charge on any atom is 0.206 e. The van der Waals surface area contributed by atoms with Gasteiger partial charge in [-0.25, -0.2) is 8.42 Å². The molecule has 0 radical (unpaired) electrons. The Bertz CT molecular complexity index is 944. The van der Waals surface area contributed by atoms with Crippen molar-refractivity contribution in [2.45, 2.75) is 30.1 Å². The molecule has 24 heavy (non-hydrogen) atoms. The smallest absolute Gasteiger partial charge is 0.206 e. The van der Waals surface area contributed by atoms with Gasteiger partial charge in [-0.2, -0.15) is 0 Å². The van der Waals surface area contributed by atoms with Crippen molar-refractivity contribution in [2.75, 3.05) is 0 Å². The van der Waals surface area contributed by atoms with Crippen LogP contribution in [0.5, 0.6) is 0 Å². The minimum atomic E-state index is -3.51. The molecule has 0 aliphatic carbocycles. The van der Waals surface area contributed by atoms with E-state index in [1.165, 1.54) is 5.56 Å². The Kier molecular flexibility index (Phi) is 4.54. The zero-order valence-corrected chi connectivity index (χ0v) is 14.7. The molecule has 0 aliphatic heterocycles. The topological polar surface area (TPSA) is 34.1 Å². The highest BCUT2D eigenvalue weighted by molar-refractivity contribution is 7.91. The molecule has 3 aromatic rings. The molecule has 0 aliphatic rings. The molecule has 0 saturated heterocycles. The summed E-state index contributed by atoms with van der Waals surface area (Å²) in [5, 5.41) is 0. The van der Waals surface area contributed by atoms with Gasteiger partial charge in [0, 0.05) is 0 Å². The number of sulfone groups is 1. The van der Waals surface area contributed by atoms with E-state index in [1.807, 2.05) is 38.1 Å². The minimum Gasteiger partial charge on any atom is -0.219 e. The highest BCUT2D eigenvalue weighted by Gasteiger charge is 2.21. The first kappa shape index (κ1) is 16.5. The Morgan fingerprint density at radius 1 is 0.792 bits per heavy atom. The van der Waals surface area contributed by atoms with Gasteiger partial charge in [-0.1, -0.05) is 54.6 Å². The minimum absolute atomic E-state index is 0.337. The first-order chi connectivity index (χ1) is 11.5. The normalized spacial score (nSPS) is 11.4. The van der Waals surface area contributed by atoms with E-state index in [0.717, 1.165) is 23.1 Å². The van der Waals surface area contributed by atoms with Gasteiger partial charge in [0.05, 0.1) is 9.79 Å². The van der Waals surface area contributed by atoms with Crippen molar-refractivity contribution in [2.24, 2.45) is 0 Å². The van der Waals surface area contributed by atoms with Crippen LogP contribution in [0.4, 0.5) is 0 Å². The monoisotopic (exact) mass is 336 g/mol. The largest absolute Gasteiger partial charge is 0.219 e. The molecule has 0 spiro atoms. The van der Waals surface area contributed by atoms with Crippen LogP contribution in [0.1, 0.15) is 22.3 Å². The average molecular weight is 336 g/mol. The third-order valence-corrected chi connectivity index (χ3v) is 6.09. The van der Waals surface area contributed by atoms with Crippen molar-refractivity contribution in [3.63, 3.8) is 0 Å². The van der Waals surface area contributed by atoms with E-state index in [-0.39, 0.29) is 0 Å². The number of rotatable bonds is 4. The van der Waals surface area contributed by atoms with Gasteiger partial charge in [0.2, 0.25) is 9.84 Å². The fourth-order valence-electron chi connectivity index (χ4n) is 2.90. The fraction of sp³-hybridized carbons (Fsp3) is 0.143. The fourth-order valence-corrected chi connectivity index (χ4v) is 4.55. The zero-order chi connectivity index (χ0) is 17.2. The summed E-state index contributed by atoms with van der Waals surface area (Å²) >= 11 is 0. The molecule has 3 aromatic carbocycles. The first-order valence-electron chi connectivity index (χ1n) is 7.92. The van der Waals surface area contributed by atoms with Gasteiger partial charge in [0.25, 0.3) is 0 Å². The molecule has 0 N–H and O–H groups in total. The van der Waals surface area contributed by atoms with Gasteiger partial charge >= 0.3 is 0 Å². The molecule has 122 valence electrons. The summed E-state index contributed by atoms with van der Waals surface area (Å²) in [6.07, 6.45) is 0.728. The van der Waals surface area contributed by atoms with Crippen LogP contribution in [0.25, 0.3) is 0 Å². The summed E-state index contributed by atoms with van der Waals surface area (Å²) in [6, 6.07) is 22.6. The summed E-state index contributed by atoms with van der Waals surface area (Å²) in [7, 11) is -3.51. The van der Waals surface area contributed by atoms with Crippen LogP contribution in [0.3, 0.4) is 0 Å². The molecule has 0 atom stereocenters. The van der Waals surface area contributed by atoms with Crippen LogP contribution >= 0.6 is 0 Å². The van der Waals surface area contributed by atoms with E-state index in [0.29, 0.717) is 9.79 Å². The second kappa shape index (κ2) is 6.62. The molecule has 3 heteroatoms. The highest BCUT2D eigenvalue weighted by atomic mass is 32.2. The number of hydrogen-bond acceptors (Lipinski definition) is 2. The van der Waals surface area contributed by atoms with E-state index < -0.39 is 9.84 Å². The van der Waals surface area contributed by atoms with Crippen molar-refractivity contribution in [1.82, 2.24) is 0 Å². The Morgan fingerprint density at radius 3 is 2.00 bits per heavy atom. The molecule has 2 nitrogen and oxygen atoms in total. The van der Waals surface area contributed by atoms with Gasteiger partial charge in [0.1, 0.15) is 0 Å². The van der Waals surface area contributed by atoms with Crippen LogP contribution in [0.2, 0.25) is 0 Å². The molecule has 3 rings (SSSR count). The lowest BCUT2D eigenvalue weighted by Crippen LogP contribution is -2.07. The maximum absolute atomic E-state index is 13.0. The summed E-state index contributed by atoms with van der Waals surface area (Å²) in [5.74, 6) is 0. The predicted octanol–water partition coefficient (Wildman–Crippen LogP) is 4.73. The van der Waals surface area contributed by atoms with Gasteiger partial charge in [-0.05, 0) is 60.7 Å². The molecule has 0 unspecified atom stereocenters. The highest BCUT2D eigenvalue weighted by Crippen LogP contribution is 2.28. The lowest BCUT2D eigenvalue weighted by molar-refractivity contribution is 0.595. The second-order valence-corrected chi connectivity index (χ2v) is 7.94. The lowest BCUT2D eigenvalue weighted by Gasteiger charge is -2.14. The van der Waals surface area contributed by atoms with Crippen molar-refractivity contribution in [1.29, 1.82) is 0 Å². The molecule has 0 amide bonds. The Morgan fingerprint density at radius 2 is 1.38 bits per heavy atom. The van der Waals surface area contributed by atoms with Crippen molar-refractivity contribution in [3.8, 4) is 0 Å². The van der Waals surface area contributed by atoms with E-state index in [4.69, 9.17) is 0 Å². The van der Waals surface area contributed by atoms with E-state index in [9.17, 15) is 8.42 Å². The van der Waals surface area contributed by atoms with Crippen LogP contribution < -0.4 is 0 Å². The number of benzene rings is 3. The molecule has 0 fully saturated rings. The van der Waals surface area contributed by atoms with Gasteiger partial charge in [0.15, 0.2) is 0 Å². The number of aryl methyl sites for hydroxylation is 1. The maximum atomic E-state index is 13.0. The zero-order valence-electron chi connectivity index (χ0n) is 13.9. The van der Waals surface area contributed by atoms with Crippen LogP contribution in [-0.4, -0.2) is 8.42 Å². The Balaban J connectivity index is 2.10. The van der Waals surface area contributed by atoms with Crippen molar-refractivity contribution in [3.05, 3.63) is 95.1 Å². The van der Waals surface area contributed by atoms with Crippen LogP contribution in [-0.2, 0) is 16.3 Å². The Hall–Kier alpha value is -2.39. The molecule has 0 heterocycles. The van der Waals surface area contributed by atoms with Gasteiger partial charge in [-0.3, -0.25) is 0 Å². The van der Waals surface area contributed by atoms with Crippen molar-refractivity contribution >= 4 is 9.84 Å². The SMILES string of the molecule is Cc1cc(Cc2ccccc2)c(C)c(S(=O)(=O)c2ccccc2)c1. The average Bonchev–Trinajstić information content (AvgIpc) is 2.59. The van der Waals surface area contributed by atoms with Crippen LogP contribution in [0.15, 0.2) is 82.6 Å². The third kappa shape index (κ3) is 3.26. The number of hydrogen-bond donors (Lipinski definition) is 0. The Labute approximate surface area is 143 Å². The third-order valence-electron chi connectivity index (χ3n) is 4.19. The summed E-state index contributed by atoms with van der Waals surface area (Å²) in [5.41, 5.74) is 4.01. The van der Waals surface area contributed by atoms with Gasteiger partial charge in [-0.15, -0.1) is 0 Å². The summed E-state index contributed by atoms with van der Waals surface area (Å²) in [4.78, 5) is 0.740. The first-order valence-corrected chi connectivity index (χ1v) is 9.41. The quantitative estimate of drug-likeness (QED) is 0.690. The molecule has 0 bridgehead atoms. The van der Waals surface area contributed by atoms with E-state index >= 15 is 0 Å². The van der Waals surface area contributed by atoms with E-state index in [1.54, 1.807) is 30.3 Å². The summed E-state index contributed by atoms with van der Waals surface area (Å²) in [6.45, 7) is 3.84. The van der Waals surface area contributed by atoms with Crippen molar-refractivity contribution < 1.29 is 8.42 Å². The van der Waals surface area contributed by atoms with Gasteiger partial charge < -0.3 is 0 Å². The molecule has 0 saturated carbocycles. The molecular formula is C21H20O2S. The molecule has 0 aromatic heterocycles. The second-order valence-electron chi connectivity index (χ2n) is 6.03. The van der Waals surface area contributed by atoms with Crippen LogP contribution in [0, 0.1) is 13.8 Å². The molecular weight excluding hydrogens is 316 g/mol. The summed E-state index contributed by atoms with van der Waals surface area (Å²) < 4.78 is 26.0.